The van der Waals surface area contributed by atoms with E-state index in [-0.39, 0.29) is 5.78 Å². The van der Waals surface area contributed by atoms with E-state index in [1.54, 1.807) is 0 Å². The molecule has 20 heavy (non-hydrogen) atoms. The molecule has 2 heteroatoms. The predicted molar refractivity (Wildman–Crippen MR) is 83.6 cm³/mol. The number of Topliss-reactive ketones (excluding diaryl/α,β-unsaturated/α-hetero) is 1. The molecule has 0 saturated heterocycles. The zero-order valence-corrected chi connectivity index (χ0v) is 12.0. The minimum absolute atomic E-state index is 0.0262. The third-order valence-electron chi connectivity index (χ3n) is 3.34. The van der Waals surface area contributed by atoms with Crippen molar-refractivity contribution in [1.29, 1.82) is 0 Å². The number of carbonyl (C=O) groups excluding carboxylic acids is 1. The summed E-state index contributed by atoms with van der Waals surface area (Å²) in [6.07, 6.45) is 0.721. The third kappa shape index (κ3) is 3.55. The van der Waals surface area contributed by atoms with Gasteiger partial charge in [-0.05, 0) is 23.5 Å². The number of rotatable bonds is 5. The van der Waals surface area contributed by atoms with Crippen molar-refractivity contribution in [2.24, 2.45) is 11.7 Å². The molecule has 104 valence electrons. The van der Waals surface area contributed by atoms with Gasteiger partial charge in [0.1, 0.15) is 0 Å². The Kier molecular flexibility index (Phi) is 4.70. The van der Waals surface area contributed by atoms with E-state index in [0.717, 1.165) is 17.5 Å². The quantitative estimate of drug-likeness (QED) is 0.835. The van der Waals surface area contributed by atoms with Gasteiger partial charge in [-0.3, -0.25) is 4.79 Å². The summed E-state index contributed by atoms with van der Waals surface area (Å²) in [4.78, 5) is 12.2. The molecule has 1 atom stereocenters. The standard InChI is InChI=1S/C18H21NO/c1-13(2)12-17(19)18(20)16-10-8-15(9-11-16)14-6-4-3-5-7-14/h3-11,13,17H,12,19H2,1-2H3. The predicted octanol–water partition coefficient (Wildman–Crippen LogP) is 3.91. The van der Waals surface area contributed by atoms with Crippen LogP contribution >= 0.6 is 0 Å². The highest BCUT2D eigenvalue weighted by Crippen LogP contribution is 2.20. The number of nitrogens with two attached hydrogens (primary N) is 1. The van der Waals surface area contributed by atoms with E-state index in [4.69, 9.17) is 5.73 Å². The fraction of sp³-hybridized carbons (Fsp3) is 0.278. The lowest BCUT2D eigenvalue weighted by atomic mass is 9.95. The van der Waals surface area contributed by atoms with Gasteiger partial charge in [0.2, 0.25) is 0 Å². The Labute approximate surface area is 120 Å². The van der Waals surface area contributed by atoms with Crippen molar-refractivity contribution in [3.05, 3.63) is 60.2 Å². The van der Waals surface area contributed by atoms with Crippen LogP contribution in [0.5, 0.6) is 0 Å². The van der Waals surface area contributed by atoms with Gasteiger partial charge in [-0.25, -0.2) is 0 Å². The Bertz CT molecular complexity index is 558. The van der Waals surface area contributed by atoms with Crippen molar-refractivity contribution in [1.82, 2.24) is 0 Å². The van der Waals surface area contributed by atoms with Gasteiger partial charge < -0.3 is 5.73 Å². The Balaban J connectivity index is 2.14. The molecule has 2 aromatic carbocycles. The van der Waals surface area contributed by atoms with Gasteiger partial charge in [-0.1, -0.05) is 68.4 Å². The first-order valence-electron chi connectivity index (χ1n) is 7.03. The zero-order valence-electron chi connectivity index (χ0n) is 12.0. The first kappa shape index (κ1) is 14.5. The maximum atomic E-state index is 12.2. The molecule has 1 unspecified atom stereocenters. The van der Waals surface area contributed by atoms with Crippen LogP contribution in [-0.4, -0.2) is 11.8 Å². The first-order chi connectivity index (χ1) is 9.58. The topological polar surface area (TPSA) is 43.1 Å². The largest absolute Gasteiger partial charge is 0.321 e. The fourth-order valence-corrected chi connectivity index (χ4v) is 2.29. The van der Waals surface area contributed by atoms with Crippen LogP contribution in [0.25, 0.3) is 11.1 Å². The normalized spacial score (nSPS) is 12.4. The monoisotopic (exact) mass is 267 g/mol. The molecular formula is C18H21NO. The highest BCUT2D eigenvalue weighted by molar-refractivity contribution is 6.00. The van der Waals surface area contributed by atoms with Crippen molar-refractivity contribution < 1.29 is 4.79 Å². The molecule has 0 aliphatic heterocycles. The molecule has 2 nitrogen and oxygen atoms in total. The lowest BCUT2D eigenvalue weighted by Crippen LogP contribution is -2.31. The molecule has 0 amide bonds. The number of ketones is 1. The molecule has 0 aliphatic rings. The van der Waals surface area contributed by atoms with Crippen LogP contribution in [-0.2, 0) is 0 Å². The number of hydrogen-bond donors (Lipinski definition) is 1. The van der Waals surface area contributed by atoms with E-state index in [2.05, 4.69) is 26.0 Å². The van der Waals surface area contributed by atoms with Crippen LogP contribution < -0.4 is 5.73 Å². The molecule has 0 saturated carbocycles. The smallest absolute Gasteiger partial charge is 0.179 e. The number of benzene rings is 2. The zero-order chi connectivity index (χ0) is 14.5. The lowest BCUT2D eigenvalue weighted by molar-refractivity contribution is 0.0951. The Hall–Kier alpha value is -1.93. The summed E-state index contributed by atoms with van der Waals surface area (Å²) in [6, 6.07) is 17.4. The van der Waals surface area contributed by atoms with E-state index < -0.39 is 6.04 Å². The van der Waals surface area contributed by atoms with Crippen LogP contribution in [0.2, 0.25) is 0 Å². The molecule has 0 aliphatic carbocycles. The Morgan fingerprint density at radius 2 is 1.50 bits per heavy atom. The van der Waals surface area contributed by atoms with Gasteiger partial charge in [0.15, 0.2) is 5.78 Å². The summed E-state index contributed by atoms with van der Waals surface area (Å²) in [5.74, 6) is 0.454. The van der Waals surface area contributed by atoms with Crippen LogP contribution in [0.15, 0.2) is 54.6 Å². The average Bonchev–Trinajstić information content (AvgIpc) is 2.47. The molecule has 2 rings (SSSR count). The summed E-state index contributed by atoms with van der Waals surface area (Å²) < 4.78 is 0. The van der Waals surface area contributed by atoms with Crippen LogP contribution in [0.3, 0.4) is 0 Å². The molecule has 0 fully saturated rings. The summed E-state index contributed by atoms with van der Waals surface area (Å²) >= 11 is 0. The summed E-state index contributed by atoms with van der Waals surface area (Å²) in [7, 11) is 0. The van der Waals surface area contributed by atoms with Crippen molar-refractivity contribution in [3.8, 4) is 11.1 Å². The summed E-state index contributed by atoms with van der Waals surface area (Å²) in [6.45, 7) is 4.15. The second-order valence-electron chi connectivity index (χ2n) is 5.54. The number of hydrogen-bond acceptors (Lipinski definition) is 2. The van der Waals surface area contributed by atoms with Gasteiger partial charge in [-0.2, -0.15) is 0 Å². The molecule has 0 spiro atoms. The SMILES string of the molecule is CC(C)CC(N)C(=O)c1ccc(-c2ccccc2)cc1. The average molecular weight is 267 g/mol. The fourth-order valence-electron chi connectivity index (χ4n) is 2.29. The molecule has 2 N–H and O–H groups in total. The van der Waals surface area contributed by atoms with Crippen LogP contribution in [0.4, 0.5) is 0 Å². The second kappa shape index (κ2) is 6.49. The van der Waals surface area contributed by atoms with Crippen molar-refractivity contribution in [3.63, 3.8) is 0 Å². The third-order valence-corrected chi connectivity index (χ3v) is 3.34. The maximum Gasteiger partial charge on any atom is 0.179 e. The van der Waals surface area contributed by atoms with Crippen LogP contribution in [0.1, 0.15) is 30.6 Å². The van der Waals surface area contributed by atoms with E-state index in [0.29, 0.717) is 11.5 Å². The van der Waals surface area contributed by atoms with Gasteiger partial charge in [0.25, 0.3) is 0 Å². The van der Waals surface area contributed by atoms with Crippen molar-refractivity contribution in [2.75, 3.05) is 0 Å². The summed E-state index contributed by atoms with van der Waals surface area (Å²) in [5.41, 5.74) is 8.90. The van der Waals surface area contributed by atoms with E-state index in [9.17, 15) is 4.79 Å². The molecular weight excluding hydrogens is 246 g/mol. The van der Waals surface area contributed by atoms with Gasteiger partial charge in [0, 0.05) is 5.56 Å². The second-order valence-corrected chi connectivity index (χ2v) is 5.54. The minimum atomic E-state index is -0.405. The van der Waals surface area contributed by atoms with Gasteiger partial charge in [0.05, 0.1) is 6.04 Å². The van der Waals surface area contributed by atoms with Crippen molar-refractivity contribution in [2.45, 2.75) is 26.3 Å². The summed E-state index contributed by atoms with van der Waals surface area (Å²) in [5, 5.41) is 0. The van der Waals surface area contributed by atoms with E-state index in [1.165, 1.54) is 0 Å². The lowest BCUT2D eigenvalue weighted by Gasteiger charge is -2.13. The van der Waals surface area contributed by atoms with Gasteiger partial charge in [-0.15, -0.1) is 0 Å². The molecule has 0 bridgehead atoms. The van der Waals surface area contributed by atoms with Crippen LogP contribution in [0, 0.1) is 5.92 Å². The minimum Gasteiger partial charge on any atom is -0.321 e. The molecule has 2 aromatic rings. The Morgan fingerprint density at radius 3 is 2.05 bits per heavy atom. The number of carbonyl (C=O) groups is 1. The first-order valence-corrected chi connectivity index (χ1v) is 7.03. The van der Waals surface area contributed by atoms with Crippen molar-refractivity contribution >= 4 is 5.78 Å². The molecule has 0 radical (unpaired) electrons. The van der Waals surface area contributed by atoms with E-state index >= 15 is 0 Å². The molecule has 0 aromatic heterocycles. The highest BCUT2D eigenvalue weighted by Gasteiger charge is 2.16. The van der Waals surface area contributed by atoms with Gasteiger partial charge >= 0.3 is 0 Å². The maximum absolute atomic E-state index is 12.2. The Morgan fingerprint density at radius 1 is 0.950 bits per heavy atom. The molecule has 0 heterocycles. The van der Waals surface area contributed by atoms with E-state index in [1.807, 2.05) is 42.5 Å². The highest BCUT2D eigenvalue weighted by atomic mass is 16.1.